The molecule has 1 saturated carbocycles. The Morgan fingerprint density at radius 3 is 2.43 bits per heavy atom. The molecule has 3 aromatic heterocycles. The van der Waals surface area contributed by atoms with Crippen molar-refractivity contribution >= 4 is 66.9 Å². The molecule has 3 aliphatic rings. The summed E-state index contributed by atoms with van der Waals surface area (Å²) in [6.45, 7) is 15.8. The van der Waals surface area contributed by atoms with Crippen molar-refractivity contribution in [2.75, 3.05) is 25.1 Å². The molecule has 0 aromatic carbocycles. The van der Waals surface area contributed by atoms with Crippen LogP contribution >= 0.6 is 15.0 Å². The van der Waals surface area contributed by atoms with Gasteiger partial charge in [-0.05, 0) is 40.4 Å². The van der Waals surface area contributed by atoms with Crippen LogP contribution in [0.5, 0.6) is 5.88 Å². The average Bonchev–Trinajstić information content (AvgIpc) is 3.91. The summed E-state index contributed by atoms with van der Waals surface area (Å²) in [7, 11) is -9.42. The maximum absolute atomic E-state index is 13.4. The molecule has 22 nitrogen and oxygen atoms in total. The van der Waals surface area contributed by atoms with Crippen LogP contribution in [0.3, 0.4) is 0 Å². The van der Waals surface area contributed by atoms with Crippen molar-refractivity contribution in [1.82, 2.24) is 34.9 Å². The third-order valence-electron chi connectivity index (χ3n) is 11.8. The first-order chi connectivity index (χ1) is 30.7. The number of H-pyrrole nitrogens is 1. The normalized spacial score (nSPS) is 26.6. The van der Waals surface area contributed by atoms with E-state index in [0.717, 1.165) is 0 Å². The molecule has 1 aliphatic carbocycles. The van der Waals surface area contributed by atoms with Crippen LogP contribution in [-0.2, 0) is 57.0 Å². The summed E-state index contributed by atoms with van der Waals surface area (Å²) in [5.74, 6) is -1.17. The lowest BCUT2D eigenvalue weighted by molar-refractivity contribution is -0.118. The van der Waals surface area contributed by atoms with Gasteiger partial charge in [0.2, 0.25) is 17.7 Å². The van der Waals surface area contributed by atoms with Crippen molar-refractivity contribution in [3.63, 3.8) is 0 Å². The van der Waals surface area contributed by atoms with Gasteiger partial charge in [-0.15, -0.1) is 14.5 Å². The van der Waals surface area contributed by atoms with E-state index in [0.29, 0.717) is 12.3 Å². The number of hydrogen-bond donors (Lipinski definition) is 3. The van der Waals surface area contributed by atoms with Gasteiger partial charge in [0.25, 0.3) is 5.56 Å². The number of anilines is 1. The van der Waals surface area contributed by atoms with Crippen molar-refractivity contribution in [1.29, 1.82) is 5.26 Å². The lowest BCUT2D eigenvalue weighted by atomic mass is 10.1. The summed E-state index contributed by atoms with van der Waals surface area (Å²) in [6, 6.07) is 3.65. The Morgan fingerprint density at radius 1 is 1.11 bits per heavy atom. The molecule has 65 heavy (non-hydrogen) atoms. The predicted octanol–water partition coefficient (Wildman–Crippen LogP) is 6.20. The van der Waals surface area contributed by atoms with Crippen LogP contribution in [0, 0.1) is 23.2 Å². The van der Waals surface area contributed by atoms with E-state index in [-0.39, 0.29) is 77.8 Å². The number of ether oxygens (including phenoxy) is 2. The summed E-state index contributed by atoms with van der Waals surface area (Å²) in [5.41, 5.74) is -1.01. The second-order valence-electron chi connectivity index (χ2n) is 17.8. The van der Waals surface area contributed by atoms with Gasteiger partial charge in [0.1, 0.15) is 36.8 Å². The highest BCUT2D eigenvalue weighted by Gasteiger charge is 2.63. The van der Waals surface area contributed by atoms with Crippen LogP contribution in [0.15, 0.2) is 23.4 Å². The van der Waals surface area contributed by atoms with E-state index in [4.69, 9.17) is 52.3 Å². The maximum Gasteiger partial charge on any atom is 0.695 e. The van der Waals surface area contributed by atoms with Crippen molar-refractivity contribution in [2.24, 2.45) is 11.8 Å². The van der Waals surface area contributed by atoms with Crippen LogP contribution in [0.1, 0.15) is 94.7 Å². The minimum atomic E-state index is -3.98. The lowest BCUT2D eigenvalue weighted by Gasteiger charge is -2.51. The summed E-state index contributed by atoms with van der Waals surface area (Å²) >= 11 is 6.18. The SMILES string of the molecule is CC(C)C(=O)Nc1nc2c(nnn2[C@@H]2O[C@@H]3CO[Si](C(C)C)(C(C)C)O[Si](C(C)C)(C(C)C)O[C@H]3[C@H]2OP(=S)(OCCC#N)OC[C@H]2C[C@@H](Oc3ccncn3)C[C@@H]2O[P+](=O)O)c(=O)[nH]1. The second kappa shape index (κ2) is 21.5. The number of aromatic nitrogens is 7. The summed E-state index contributed by atoms with van der Waals surface area (Å²) in [5, 5.41) is 20.7. The van der Waals surface area contributed by atoms with E-state index in [1.54, 1.807) is 19.9 Å². The number of nitrogens with zero attached hydrogens (tertiary/aromatic N) is 7. The molecule has 5 heterocycles. The van der Waals surface area contributed by atoms with Crippen LogP contribution in [0.2, 0.25) is 22.2 Å². The Balaban J connectivity index is 1.44. The first-order valence-corrected chi connectivity index (χ1v) is 29.4. The molecule has 3 N–H and O–H groups in total. The third-order valence-corrected chi connectivity index (χ3v) is 24.8. The molecule has 0 spiro atoms. The number of hydrogen-bond acceptors (Lipinski definition) is 19. The quantitative estimate of drug-likeness (QED) is 0.0684. The van der Waals surface area contributed by atoms with Crippen molar-refractivity contribution in [3.8, 4) is 11.9 Å². The summed E-state index contributed by atoms with van der Waals surface area (Å²) in [6.07, 6.45) is -2.20. The summed E-state index contributed by atoms with van der Waals surface area (Å²) < 4.78 is 73.3. The number of rotatable bonds is 19. The number of carbonyl (C=O) groups excluding carboxylic acids is 1. The fourth-order valence-electron chi connectivity index (χ4n) is 8.47. The molecule has 9 atom stereocenters. The highest BCUT2D eigenvalue weighted by molar-refractivity contribution is 8.07. The van der Waals surface area contributed by atoms with Crippen LogP contribution in [0.4, 0.5) is 5.95 Å². The largest absolute Gasteiger partial charge is 0.695 e. The van der Waals surface area contributed by atoms with Gasteiger partial charge in [-0.25, -0.2) is 9.97 Å². The van der Waals surface area contributed by atoms with Crippen LogP contribution in [-0.4, -0.2) is 113 Å². The zero-order valence-electron chi connectivity index (χ0n) is 38.2. The standard InChI is InChI=1S/C38H59N9O13P2SSi2/c1-21(2)35(48)43-38-42-34-31(36(49)44-38)45-46-47(34)37-33(32-29(56-37)19-54-64(22(3)4,23(5)6)60-65(59-32,24(7)8)25(9)10)58-62(63,52-15-11-13-39)53-18-26-16-27(17-28(26)57-61(50)51)55-30-12-14-40-20-41-30/h12,14,20-29,32-33,37H,11,15-19H2,1-10H3,(H2-,42,43,44,46,48,49,50,51)/p+1/t26-,27-,28+,29-,32-,33-,37-,62?/m1/s1. The average molecular weight is 1000 g/mol. The molecule has 3 fully saturated rings. The molecule has 1 amide bonds. The van der Waals surface area contributed by atoms with Gasteiger partial charge in [0.05, 0.1) is 32.3 Å². The fourth-order valence-corrected chi connectivity index (χ4v) is 22.3. The molecule has 2 unspecified atom stereocenters. The van der Waals surface area contributed by atoms with Gasteiger partial charge in [0.15, 0.2) is 17.4 Å². The van der Waals surface area contributed by atoms with Crippen molar-refractivity contribution in [2.45, 2.75) is 147 Å². The third kappa shape index (κ3) is 11.5. The van der Waals surface area contributed by atoms with E-state index < -0.39 is 86.2 Å². The smallest absolute Gasteiger partial charge is 0.474 e. The molecule has 0 radical (unpaired) electrons. The zero-order chi connectivity index (χ0) is 47.4. The van der Waals surface area contributed by atoms with Gasteiger partial charge >= 0.3 is 32.1 Å². The molecular weight excluding hydrogens is 941 g/mol. The van der Waals surface area contributed by atoms with E-state index in [2.05, 4.69) is 97.0 Å². The minimum Gasteiger partial charge on any atom is -0.474 e. The van der Waals surface area contributed by atoms with E-state index >= 15 is 0 Å². The van der Waals surface area contributed by atoms with Crippen molar-refractivity contribution in [3.05, 3.63) is 28.9 Å². The van der Waals surface area contributed by atoms with E-state index in [1.807, 2.05) is 0 Å². The van der Waals surface area contributed by atoms with Gasteiger partial charge in [-0.1, -0.05) is 74.5 Å². The molecule has 27 heteroatoms. The molecule has 6 rings (SSSR count). The number of nitrogens with one attached hydrogen (secondary N) is 2. The number of nitriles is 1. The minimum absolute atomic E-state index is 0.0216. The Bertz CT molecular complexity index is 2270. The fraction of sp³-hybridized carbons (Fsp3) is 0.737. The Labute approximate surface area is 385 Å². The molecule has 3 aromatic rings. The van der Waals surface area contributed by atoms with Gasteiger partial charge in [-0.2, -0.15) is 14.9 Å². The molecule has 2 aliphatic heterocycles. The first kappa shape index (κ1) is 51.3. The Hall–Kier alpha value is -3.06. The number of aromatic amines is 1. The topological polar surface area (TPSA) is 276 Å². The predicted molar refractivity (Wildman–Crippen MR) is 242 cm³/mol. The van der Waals surface area contributed by atoms with Crippen LogP contribution in [0.25, 0.3) is 11.2 Å². The lowest BCUT2D eigenvalue weighted by Crippen LogP contribution is -2.65. The van der Waals surface area contributed by atoms with Gasteiger partial charge in [0, 0.05) is 35.1 Å². The van der Waals surface area contributed by atoms with Crippen LogP contribution < -0.4 is 15.6 Å². The zero-order valence-corrected chi connectivity index (χ0v) is 42.8. The highest BCUT2D eigenvalue weighted by atomic mass is 32.5. The highest BCUT2D eigenvalue weighted by Crippen LogP contribution is 2.57. The second-order valence-corrected chi connectivity index (χ2v) is 30.3. The summed E-state index contributed by atoms with van der Waals surface area (Å²) in [4.78, 5) is 51.2. The Morgan fingerprint density at radius 2 is 1.82 bits per heavy atom. The first-order valence-electron chi connectivity index (χ1n) is 21.8. The van der Waals surface area contributed by atoms with E-state index in [9.17, 15) is 24.3 Å². The molecule has 2 saturated heterocycles. The number of fused-ring (bicyclic) bond motifs is 2. The number of carbonyl (C=O) groups is 1. The monoisotopic (exact) mass is 1000 g/mol. The van der Waals surface area contributed by atoms with Gasteiger partial charge in [-0.3, -0.25) is 24.4 Å². The van der Waals surface area contributed by atoms with E-state index in [1.165, 1.54) is 17.2 Å². The van der Waals surface area contributed by atoms with Gasteiger partial charge < -0.3 is 31.5 Å². The Kier molecular flexibility index (Phi) is 17.0. The molecule has 0 bridgehead atoms. The molecule has 358 valence electrons. The van der Waals surface area contributed by atoms with Crippen molar-refractivity contribution < 1.29 is 54.8 Å². The molecular formula is C38H60N9O13P2SSi2+. The maximum atomic E-state index is 13.4. The number of amides is 1.